The molecular formula is C13H19N5O. The fourth-order valence-electron chi connectivity index (χ4n) is 2.74. The number of nitrogens with one attached hydrogen (secondary N) is 2. The smallest absolute Gasteiger partial charge is 0.274 e. The molecule has 19 heavy (non-hydrogen) atoms. The van der Waals surface area contributed by atoms with E-state index in [0.717, 1.165) is 24.7 Å². The molecule has 2 atom stereocenters. The van der Waals surface area contributed by atoms with Crippen molar-refractivity contribution >= 4 is 5.78 Å². The minimum absolute atomic E-state index is 0.107. The number of aryl methyl sites for hydroxylation is 1. The third-order valence-corrected chi connectivity index (χ3v) is 3.90. The number of H-pyrrole nitrogens is 1. The molecule has 0 amide bonds. The van der Waals surface area contributed by atoms with Gasteiger partial charge in [0.25, 0.3) is 11.3 Å². The summed E-state index contributed by atoms with van der Waals surface area (Å²) in [5, 5.41) is 6.53. The van der Waals surface area contributed by atoms with Gasteiger partial charge in [0.05, 0.1) is 6.04 Å². The van der Waals surface area contributed by atoms with Gasteiger partial charge in [0.15, 0.2) is 0 Å². The number of aromatic amines is 1. The Balaban J connectivity index is 1.97. The fraction of sp³-hybridized carbons (Fsp3) is 0.615. The molecule has 1 aliphatic heterocycles. The van der Waals surface area contributed by atoms with Gasteiger partial charge >= 0.3 is 0 Å². The van der Waals surface area contributed by atoms with Gasteiger partial charge in [-0.05, 0) is 32.2 Å². The third kappa shape index (κ3) is 2.28. The molecule has 2 N–H and O–H groups in total. The van der Waals surface area contributed by atoms with Crippen LogP contribution in [0.2, 0.25) is 0 Å². The predicted molar refractivity (Wildman–Crippen MR) is 72.1 cm³/mol. The van der Waals surface area contributed by atoms with Crippen LogP contribution in [0, 0.1) is 12.8 Å². The zero-order valence-electron chi connectivity index (χ0n) is 11.3. The molecule has 0 aliphatic carbocycles. The largest absolute Gasteiger partial charge is 0.307 e. The molecule has 3 heterocycles. The van der Waals surface area contributed by atoms with E-state index < -0.39 is 0 Å². The van der Waals surface area contributed by atoms with E-state index in [4.69, 9.17) is 0 Å². The molecule has 0 radical (unpaired) electrons. The molecule has 1 fully saturated rings. The molecule has 0 bridgehead atoms. The molecule has 1 saturated heterocycles. The molecule has 1 aliphatic rings. The normalized spacial score (nSPS) is 23.9. The first-order valence-electron chi connectivity index (χ1n) is 6.87. The Morgan fingerprint density at radius 2 is 2.32 bits per heavy atom. The summed E-state index contributed by atoms with van der Waals surface area (Å²) in [6.45, 7) is 5.03. The lowest BCUT2D eigenvalue weighted by atomic mass is 9.90. The van der Waals surface area contributed by atoms with E-state index in [-0.39, 0.29) is 11.6 Å². The maximum atomic E-state index is 11.8. The summed E-state index contributed by atoms with van der Waals surface area (Å²) in [6.07, 6.45) is 3.46. The maximum Gasteiger partial charge on any atom is 0.274 e. The number of piperidine rings is 1. The topological polar surface area (TPSA) is 75.1 Å². The van der Waals surface area contributed by atoms with Gasteiger partial charge in [0.2, 0.25) is 0 Å². The lowest BCUT2D eigenvalue weighted by Crippen LogP contribution is -2.32. The van der Waals surface area contributed by atoms with Gasteiger partial charge in [-0.2, -0.15) is 9.50 Å². The molecule has 0 aromatic carbocycles. The quantitative estimate of drug-likeness (QED) is 0.851. The van der Waals surface area contributed by atoms with Crippen molar-refractivity contribution in [3.8, 4) is 0 Å². The average molecular weight is 261 g/mol. The number of aromatic nitrogens is 4. The molecule has 2 unspecified atom stereocenters. The minimum Gasteiger partial charge on any atom is -0.307 e. The van der Waals surface area contributed by atoms with Gasteiger partial charge in [-0.1, -0.05) is 13.3 Å². The molecule has 2 aromatic heterocycles. The Morgan fingerprint density at radius 3 is 3.11 bits per heavy atom. The molecule has 0 spiro atoms. The summed E-state index contributed by atoms with van der Waals surface area (Å²) in [4.78, 5) is 20.6. The second kappa shape index (κ2) is 4.77. The molecule has 6 heteroatoms. The summed E-state index contributed by atoms with van der Waals surface area (Å²) in [5.41, 5.74) is 0.593. The zero-order valence-corrected chi connectivity index (χ0v) is 11.3. The zero-order chi connectivity index (χ0) is 13.4. The molecule has 0 saturated carbocycles. The highest BCUT2D eigenvalue weighted by molar-refractivity contribution is 5.28. The van der Waals surface area contributed by atoms with Gasteiger partial charge in [0.1, 0.15) is 5.82 Å². The van der Waals surface area contributed by atoms with Gasteiger partial charge in [-0.3, -0.25) is 9.89 Å². The van der Waals surface area contributed by atoms with Crippen LogP contribution < -0.4 is 10.9 Å². The number of hydrogen-bond donors (Lipinski definition) is 2. The van der Waals surface area contributed by atoms with Crippen LogP contribution in [0.25, 0.3) is 5.78 Å². The van der Waals surface area contributed by atoms with Crippen LogP contribution >= 0.6 is 0 Å². The van der Waals surface area contributed by atoms with Crippen molar-refractivity contribution in [2.75, 3.05) is 6.54 Å². The van der Waals surface area contributed by atoms with Crippen molar-refractivity contribution in [3.05, 3.63) is 27.9 Å². The minimum atomic E-state index is -0.107. The highest BCUT2D eigenvalue weighted by Gasteiger charge is 2.24. The first-order chi connectivity index (χ1) is 9.17. The number of hydrogen-bond acceptors (Lipinski definition) is 4. The van der Waals surface area contributed by atoms with Gasteiger partial charge in [-0.15, -0.1) is 0 Å². The Bertz CT molecular complexity index is 644. The van der Waals surface area contributed by atoms with Crippen LogP contribution in [0.5, 0.6) is 0 Å². The fourth-order valence-corrected chi connectivity index (χ4v) is 2.74. The summed E-state index contributed by atoms with van der Waals surface area (Å²) in [6, 6.07) is 1.71. The van der Waals surface area contributed by atoms with E-state index in [1.54, 1.807) is 0 Å². The van der Waals surface area contributed by atoms with Crippen molar-refractivity contribution < 1.29 is 0 Å². The van der Waals surface area contributed by atoms with Crippen LogP contribution in [-0.4, -0.2) is 26.1 Å². The Labute approximate surface area is 111 Å². The lowest BCUT2D eigenvalue weighted by Gasteiger charge is -2.28. The van der Waals surface area contributed by atoms with Crippen LogP contribution in [0.4, 0.5) is 0 Å². The Morgan fingerprint density at radius 1 is 1.47 bits per heavy atom. The standard InChI is InChI=1S/C13H19N5O/c1-3-9-4-5-14-10(7-9)12-16-13-15-8(2)6-11(19)18(13)17-12/h6,9-10,14H,3-5,7H2,1-2H3,(H,15,16,17). The van der Waals surface area contributed by atoms with E-state index in [9.17, 15) is 4.79 Å². The predicted octanol–water partition coefficient (Wildman–Crippen LogP) is 1.18. The number of nitrogens with zero attached hydrogens (tertiary/aromatic N) is 3. The molecule has 6 nitrogen and oxygen atoms in total. The Hall–Kier alpha value is -1.69. The highest BCUT2D eigenvalue weighted by atomic mass is 16.1. The van der Waals surface area contributed by atoms with Crippen molar-refractivity contribution in [3.63, 3.8) is 0 Å². The van der Waals surface area contributed by atoms with Gasteiger partial charge in [-0.25, -0.2) is 4.98 Å². The first-order valence-corrected chi connectivity index (χ1v) is 6.87. The lowest BCUT2D eigenvalue weighted by molar-refractivity contribution is 0.291. The van der Waals surface area contributed by atoms with Gasteiger partial charge in [0, 0.05) is 11.8 Å². The second-order valence-corrected chi connectivity index (χ2v) is 5.29. The van der Waals surface area contributed by atoms with Crippen molar-refractivity contribution in [2.45, 2.75) is 39.2 Å². The van der Waals surface area contributed by atoms with E-state index in [2.05, 4.69) is 27.3 Å². The van der Waals surface area contributed by atoms with E-state index in [0.29, 0.717) is 11.5 Å². The molecule has 2 aromatic rings. The first kappa shape index (κ1) is 12.3. The number of rotatable bonds is 2. The summed E-state index contributed by atoms with van der Waals surface area (Å²) >= 11 is 0. The van der Waals surface area contributed by atoms with E-state index >= 15 is 0 Å². The summed E-state index contributed by atoms with van der Waals surface area (Å²) < 4.78 is 1.42. The maximum absolute atomic E-state index is 11.8. The second-order valence-electron chi connectivity index (χ2n) is 5.29. The highest BCUT2D eigenvalue weighted by Crippen LogP contribution is 2.27. The van der Waals surface area contributed by atoms with Gasteiger partial charge < -0.3 is 5.32 Å². The van der Waals surface area contributed by atoms with Crippen molar-refractivity contribution in [1.29, 1.82) is 0 Å². The van der Waals surface area contributed by atoms with Crippen molar-refractivity contribution in [1.82, 2.24) is 24.9 Å². The molecule has 102 valence electrons. The number of fused-ring (bicyclic) bond motifs is 1. The van der Waals surface area contributed by atoms with Crippen LogP contribution in [0.3, 0.4) is 0 Å². The summed E-state index contributed by atoms with van der Waals surface area (Å²) in [7, 11) is 0. The molecular weight excluding hydrogens is 242 g/mol. The monoisotopic (exact) mass is 261 g/mol. The van der Waals surface area contributed by atoms with Crippen LogP contribution in [0.1, 0.15) is 43.7 Å². The summed E-state index contributed by atoms with van der Waals surface area (Å²) in [5.74, 6) is 2.00. The van der Waals surface area contributed by atoms with Crippen LogP contribution in [0.15, 0.2) is 10.9 Å². The Kier molecular flexibility index (Phi) is 3.10. The van der Waals surface area contributed by atoms with Crippen molar-refractivity contribution in [2.24, 2.45) is 5.92 Å². The van der Waals surface area contributed by atoms with E-state index in [1.165, 1.54) is 23.4 Å². The van der Waals surface area contributed by atoms with E-state index in [1.807, 2.05) is 6.92 Å². The SMILES string of the molecule is CCC1CCNC(c2nc3nc(C)cc(=O)n3[nH]2)C1. The van der Waals surface area contributed by atoms with Crippen LogP contribution in [-0.2, 0) is 0 Å². The average Bonchev–Trinajstić information content (AvgIpc) is 2.83. The molecule has 3 rings (SSSR count). The third-order valence-electron chi connectivity index (χ3n) is 3.90.